The van der Waals surface area contributed by atoms with Gasteiger partial charge in [-0.05, 0) is 30.3 Å². The second-order valence-corrected chi connectivity index (χ2v) is 4.60. The predicted molar refractivity (Wildman–Crippen MR) is 76.6 cm³/mol. The molecule has 0 radical (unpaired) electrons. The number of carbonyl (C=O) groups is 1. The Labute approximate surface area is 129 Å². The molecule has 0 unspecified atom stereocenters. The second-order valence-electron chi connectivity index (χ2n) is 4.19. The summed E-state index contributed by atoms with van der Waals surface area (Å²) in [5, 5.41) is 10.9. The van der Waals surface area contributed by atoms with Crippen LogP contribution in [-0.4, -0.2) is 12.5 Å². The van der Waals surface area contributed by atoms with Gasteiger partial charge in [0.2, 0.25) is 0 Å². The summed E-state index contributed by atoms with van der Waals surface area (Å²) in [4.78, 5) is 11.7. The molecule has 0 aliphatic carbocycles. The van der Waals surface area contributed by atoms with Gasteiger partial charge in [0.05, 0.1) is 16.7 Å². The molecule has 0 fully saturated rings. The summed E-state index contributed by atoms with van der Waals surface area (Å²) in [6.45, 7) is -0.487. The van der Waals surface area contributed by atoms with Crippen LogP contribution in [0.15, 0.2) is 36.4 Å². The topological polar surface area (TPSA) is 62.1 Å². The van der Waals surface area contributed by atoms with E-state index < -0.39 is 29.8 Å². The van der Waals surface area contributed by atoms with E-state index in [4.69, 9.17) is 21.6 Å². The first-order valence-corrected chi connectivity index (χ1v) is 6.45. The number of benzene rings is 2. The highest BCUT2D eigenvalue weighted by molar-refractivity contribution is 6.32. The molecule has 0 atom stereocenters. The average molecular weight is 323 g/mol. The number of nitrogens with zero attached hydrogens (tertiary/aromatic N) is 1. The van der Waals surface area contributed by atoms with E-state index in [1.165, 1.54) is 24.3 Å². The van der Waals surface area contributed by atoms with Crippen molar-refractivity contribution in [3.63, 3.8) is 0 Å². The van der Waals surface area contributed by atoms with Crippen LogP contribution in [-0.2, 0) is 4.79 Å². The minimum absolute atomic E-state index is 0.156. The Morgan fingerprint density at radius 1 is 1.27 bits per heavy atom. The summed E-state index contributed by atoms with van der Waals surface area (Å²) < 4.78 is 31.9. The van der Waals surface area contributed by atoms with Gasteiger partial charge >= 0.3 is 0 Å². The molecule has 0 aliphatic rings. The van der Waals surface area contributed by atoms with E-state index in [1.54, 1.807) is 0 Å². The Morgan fingerprint density at radius 3 is 2.55 bits per heavy atom. The Morgan fingerprint density at radius 2 is 1.95 bits per heavy atom. The van der Waals surface area contributed by atoms with Crippen molar-refractivity contribution in [1.29, 1.82) is 5.26 Å². The van der Waals surface area contributed by atoms with E-state index in [0.29, 0.717) is 5.56 Å². The van der Waals surface area contributed by atoms with Crippen LogP contribution >= 0.6 is 11.6 Å². The van der Waals surface area contributed by atoms with Gasteiger partial charge < -0.3 is 10.1 Å². The lowest BCUT2D eigenvalue weighted by Crippen LogP contribution is -2.21. The number of para-hydroxylation sites is 1. The molecule has 2 rings (SSSR count). The quantitative estimate of drug-likeness (QED) is 0.937. The third kappa shape index (κ3) is 3.71. The van der Waals surface area contributed by atoms with Crippen molar-refractivity contribution in [1.82, 2.24) is 0 Å². The number of hydrogen-bond donors (Lipinski definition) is 1. The van der Waals surface area contributed by atoms with Crippen LogP contribution in [0.1, 0.15) is 5.56 Å². The van der Waals surface area contributed by atoms with E-state index >= 15 is 0 Å². The van der Waals surface area contributed by atoms with Gasteiger partial charge in [-0.1, -0.05) is 17.7 Å². The maximum Gasteiger partial charge on any atom is 0.262 e. The zero-order chi connectivity index (χ0) is 16.1. The van der Waals surface area contributed by atoms with E-state index in [9.17, 15) is 13.6 Å². The summed E-state index contributed by atoms with van der Waals surface area (Å²) in [6.07, 6.45) is 0. The first-order valence-electron chi connectivity index (χ1n) is 6.07. The van der Waals surface area contributed by atoms with Crippen LogP contribution in [0.5, 0.6) is 5.75 Å². The van der Waals surface area contributed by atoms with Gasteiger partial charge in [0, 0.05) is 0 Å². The number of amides is 1. The normalized spacial score (nSPS) is 9.91. The lowest BCUT2D eigenvalue weighted by molar-refractivity contribution is -0.118. The molecule has 22 heavy (non-hydrogen) atoms. The third-order valence-electron chi connectivity index (χ3n) is 2.65. The molecule has 2 aromatic carbocycles. The summed E-state index contributed by atoms with van der Waals surface area (Å²) in [5.74, 6) is -2.33. The largest absolute Gasteiger partial charge is 0.482 e. The van der Waals surface area contributed by atoms with Gasteiger partial charge in [0.25, 0.3) is 5.91 Å². The van der Waals surface area contributed by atoms with Gasteiger partial charge in [-0.3, -0.25) is 4.79 Å². The molecule has 0 saturated heterocycles. The smallest absolute Gasteiger partial charge is 0.262 e. The SMILES string of the molecule is N#Cc1ccc(OCC(=O)Nc2c(F)cccc2F)c(Cl)c1. The van der Waals surface area contributed by atoms with E-state index in [0.717, 1.165) is 12.1 Å². The fraction of sp³-hybridized carbons (Fsp3) is 0.0667. The molecule has 0 aliphatic heterocycles. The van der Waals surface area contributed by atoms with Crippen molar-refractivity contribution in [2.75, 3.05) is 11.9 Å². The molecule has 0 bridgehead atoms. The number of anilines is 1. The molecule has 0 saturated carbocycles. The highest BCUT2D eigenvalue weighted by Crippen LogP contribution is 2.25. The fourth-order valence-electron chi connectivity index (χ4n) is 1.62. The highest BCUT2D eigenvalue weighted by atomic mass is 35.5. The van der Waals surface area contributed by atoms with Crippen molar-refractivity contribution < 1.29 is 18.3 Å². The third-order valence-corrected chi connectivity index (χ3v) is 2.94. The zero-order valence-electron chi connectivity index (χ0n) is 11.1. The van der Waals surface area contributed by atoms with Gasteiger partial charge in [-0.2, -0.15) is 5.26 Å². The predicted octanol–water partition coefficient (Wildman–Crippen LogP) is 3.51. The number of nitrogens with one attached hydrogen (secondary N) is 1. The number of nitriles is 1. The molecule has 0 heterocycles. The van der Waals surface area contributed by atoms with Crippen LogP contribution in [0.3, 0.4) is 0 Å². The molecule has 112 valence electrons. The Kier molecular flexibility index (Phi) is 4.92. The van der Waals surface area contributed by atoms with Crippen LogP contribution < -0.4 is 10.1 Å². The fourth-order valence-corrected chi connectivity index (χ4v) is 1.86. The van der Waals surface area contributed by atoms with Crippen LogP contribution in [0.25, 0.3) is 0 Å². The van der Waals surface area contributed by atoms with Gasteiger partial charge in [0.1, 0.15) is 23.1 Å². The lowest BCUT2D eigenvalue weighted by atomic mass is 10.2. The highest BCUT2D eigenvalue weighted by Gasteiger charge is 2.13. The van der Waals surface area contributed by atoms with E-state index in [1.807, 2.05) is 6.07 Å². The molecule has 4 nitrogen and oxygen atoms in total. The number of halogens is 3. The van der Waals surface area contributed by atoms with Crippen LogP contribution in [0, 0.1) is 23.0 Å². The van der Waals surface area contributed by atoms with Crippen LogP contribution in [0.4, 0.5) is 14.5 Å². The number of rotatable bonds is 4. The molecule has 0 spiro atoms. The van der Waals surface area contributed by atoms with E-state index in [2.05, 4.69) is 5.32 Å². The minimum Gasteiger partial charge on any atom is -0.482 e. The maximum atomic E-state index is 13.4. The minimum atomic E-state index is -0.884. The summed E-state index contributed by atoms with van der Waals surface area (Å²) in [7, 11) is 0. The molecule has 1 amide bonds. The molecular weight excluding hydrogens is 314 g/mol. The first kappa shape index (κ1) is 15.7. The first-order chi connectivity index (χ1) is 10.5. The number of ether oxygens (including phenoxy) is 1. The van der Waals surface area contributed by atoms with Crippen molar-refractivity contribution in [3.05, 3.63) is 58.6 Å². The van der Waals surface area contributed by atoms with Crippen molar-refractivity contribution in [2.24, 2.45) is 0 Å². The average Bonchev–Trinajstić information content (AvgIpc) is 2.49. The second kappa shape index (κ2) is 6.87. The van der Waals surface area contributed by atoms with Gasteiger partial charge in [-0.15, -0.1) is 0 Å². The monoisotopic (exact) mass is 322 g/mol. The summed E-state index contributed by atoms with van der Waals surface area (Å²) in [6, 6.07) is 9.42. The van der Waals surface area contributed by atoms with Crippen molar-refractivity contribution >= 4 is 23.2 Å². The molecule has 0 aromatic heterocycles. The lowest BCUT2D eigenvalue weighted by Gasteiger charge is -2.10. The van der Waals surface area contributed by atoms with E-state index in [-0.39, 0.29) is 10.8 Å². The number of carbonyl (C=O) groups excluding carboxylic acids is 1. The van der Waals surface area contributed by atoms with Gasteiger partial charge in [0.15, 0.2) is 6.61 Å². The molecule has 2 aromatic rings. The van der Waals surface area contributed by atoms with Crippen molar-refractivity contribution in [2.45, 2.75) is 0 Å². The van der Waals surface area contributed by atoms with Crippen LogP contribution in [0.2, 0.25) is 5.02 Å². The van der Waals surface area contributed by atoms with Gasteiger partial charge in [-0.25, -0.2) is 8.78 Å². The summed E-state index contributed by atoms with van der Waals surface area (Å²) >= 11 is 5.87. The van der Waals surface area contributed by atoms with Crippen molar-refractivity contribution in [3.8, 4) is 11.8 Å². The summed E-state index contributed by atoms with van der Waals surface area (Å²) in [5.41, 5.74) is -0.197. The Bertz CT molecular complexity index is 739. The Hall–Kier alpha value is -2.65. The molecule has 7 heteroatoms. The Balaban J connectivity index is 2.00. The number of hydrogen-bond acceptors (Lipinski definition) is 3. The standard InChI is InChI=1S/C15H9ClF2N2O2/c16-10-6-9(7-19)4-5-13(10)22-8-14(21)20-15-11(17)2-1-3-12(15)18/h1-6H,8H2,(H,20,21). The molecule has 1 N–H and O–H groups in total. The molecular formula is C15H9ClF2N2O2. The zero-order valence-corrected chi connectivity index (χ0v) is 11.8. The maximum absolute atomic E-state index is 13.4.